The number of anilines is 3. The highest BCUT2D eigenvalue weighted by Gasteiger charge is 2.26. The SMILES string of the molecule is CC(C)(C)c1cccc(N(c2ccc3cc4c(cc3c2)-c2cc3cc(-n5c6ccccc6c6ccccc65)ccc3cc2-4)c2cccc3c2oc2ccccc23)c1. The zero-order chi connectivity index (χ0) is 38.0. The fourth-order valence-electron chi connectivity index (χ4n) is 9.33. The highest BCUT2D eigenvalue weighted by molar-refractivity contribution is 6.14. The highest BCUT2D eigenvalue weighted by atomic mass is 16.3. The molecular weight excluding hydrogens is 693 g/mol. The molecule has 0 N–H and O–H groups in total. The first-order chi connectivity index (χ1) is 27.9. The fourth-order valence-corrected chi connectivity index (χ4v) is 9.33. The van der Waals surface area contributed by atoms with Crippen LogP contribution >= 0.6 is 0 Å². The average molecular weight is 731 g/mol. The third-order valence-electron chi connectivity index (χ3n) is 12.2. The van der Waals surface area contributed by atoms with Gasteiger partial charge < -0.3 is 13.9 Å². The lowest BCUT2D eigenvalue weighted by molar-refractivity contribution is 0.590. The van der Waals surface area contributed by atoms with Crippen LogP contribution in [0.3, 0.4) is 0 Å². The summed E-state index contributed by atoms with van der Waals surface area (Å²) >= 11 is 0. The van der Waals surface area contributed by atoms with E-state index in [9.17, 15) is 0 Å². The Morgan fingerprint density at radius 3 is 1.70 bits per heavy atom. The molecule has 11 aromatic rings. The lowest BCUT2D eigenvalue weighted by Gasteiger charge is -2.29. The van der Waals surface area contributed by atoms with Crippen LogP contribution in [-0.2, 0) is 5.41 Å². The van der Waals surface area contributed by atoms with Crippen molar-refractivity contribution in [2.45, 2.75) is 26.2 Å². The van der Waals surface area contributed by atoms with Gasteiger partial charge in [0.1, 0.15) is 5.58 Å². The molecule has 2 heterocycles. The van der Waals surface area contributed by atoms with E-state index in [0.29, 0.717) is 0 Å². The molecule has 0 fully saturated rings. The Kier molecular flexibility index (Phi) is 6.61. The number of aromatic nitrogens is 1. The maximum atomic E-state index is 6.64. The molecule has 0 radical (unpaired) electrons. The van der Waals surface area contributed by atoms with Crippen molar-refractivity contribution in [2.75, 3.05) is 4.90 Å². The molecule has 1 aliphatic carbocycles. The summed E-state index contributed by atoms with van der Waals surface area (Å²) in [7, 11) is 0. The van der Waals surface area contributed by atoms with E-state index in [1.54, 1.807) is 0 Å². The van der Waals surface area contributed by atoms with E-state index in [1.807, 2.05) is 6.07 Å². The van der Waals surface area contributed by atoms with Gasteiger partial charge in [0.2, 0.25) is 0 Å². The minimum atomic E-state index is 0.000517. The van der Waals surface area contributed by atoms with Crippen LogP contribution in [0.4, 0.5) is 17.1 Å². The van der Waals surface area contributed by atoms with E-state index in [1.165, 1.54) is 76.9 Å². The number of nitrogens with zero attached hydrogens (tertiary/aromatic N) is 2. The molecule has 1 aliphatic rings. The molecule has 0 aliphatic heterocycles. The predicted octanol–water partition coefficient (Wildman–Crippen LogP) is 15.4. The zero-order valence-corrected chi connectivity index (χ0v) is 32.0. The van der Waals surface area contributed by atoms with Crippen LogP contribution in [0.5, 0.6) is 0 Å². The molecule has 2 aromatic heterocycles. The molecule has 0 spiro atoms. The number of fused-ring (bicyclic) bond motifs is 12. The Labute approximate surface area is 330 Å². The van der Waals surface area contributed by atoms with Crippen molar-refractivity contribution in [2.24, 2.45) is 0 Å². The minimum absolute atomic E-state index is 0.000517. The Bertz CT molecular complexity index is 3410. The fraction of sp³-hybridized carbons (Fsp3) is 0.0741. The molecule has 3 nitrogen and oxygen atoms in total. The first kappa shape index (κ1) is 32.2. The number of rotatable bonds is 4. The van der Waals surface area contributed by atoms with Crippen molar-refractivity contribution in [1.29, 1.82) is 0 Å². The van der Waals surface area contributed by atoms with Gasteiger partial charge in [-0.15, -0.1) is 0 Å². The van der Waals surface area contributed by atoms with Crippen LogP contribution < -0.4 is 4.90 Å². The van der Waals surface area contributed by atoms with Crippen LogP contribution in [0.2, 0.25) is 0 Å². The standard InChI is InChI=1S/C54H38N2O/c1-54(2,3)37-12-10-13-38(32-37)55(51-20-11-17-44-43-16-6-9-21-52(43)57-53(44)51)39-24-22-33-28-45-46-29-34-23-25-40(27-36(34)31-48(46)47(45)30-35(33)26-39)56-49-18-7-4-14-41(49)42-15-5-8-19-50(42)56/h4-32H,1-3H3. The van der Waals surface area contributed by atoms with Gasteiger partial charge in [0, 0.05) is 38.6 Å². The third kappa shape index (κ3) is 4.79. The molecule has 0 atom stereocenters. The summed E-state index contributed by atoms with van der Waals surface area (Å²) in [5, 5.41) is 9.75. The largest absolute Gasteiger partial charge is 0.454 e. The lowest BCUT2D eigenvalue weighted by atomic mass is 9.78. The molecule has 12 rings (SSSR count). The van der Waals surface area contributed by atoms with Crippen LogP contribution in [-0.4, -0.2) is 4.57 Å². The van der Waals surface area contributed by atoms with E-state index >= 15 is 0 Å². The van der Waals surface area contributed by atoms with Crippen molar-refractivity contribution in [3.63, 3.8) is 0 Å². The van der Waals surface area contributed by atoms with E-state index in [2.05, 4.69) is 200 Å². The monoisotopic (exact) mass is 730 g/mol. The van der Waals surface area contributed by atoms with Crippen LogP contribution in [0.1, 0.15) is 26.3 Å². The van der Waals surface area contributed by atoms with Crippen LogP contribution in [0, 0.1) is 0 Å². The molecule has 9 aromatic carbocycles. The van der Waals surface area contributed by atoms with Crippen molar-refractivity contribution in [1.82, 2.24) is 4.57 Å². The lowest BCUT2D eigenvalue weighted by Crippen LogP contribution is -2.14. The van der Waals surface area contributed by atoms with Crippen LogP contribution in [0.15, 0.2) is 180 Å². The number of hydrogen-bond donors (Lipinski definition) is 0. The molecule has 270 valence electrons. The average Bonchev–Trinajstić information content (AvgIpc) is 3.79. The van der Waals surface area contributed by atoms with Gasteiger partial charge in [0.05, 0.1) is 16.7 Å². The maximum absolute atomic E-state index is 6.64. The van der Waals surface area contributed by atoms with Crippen molar-refractivity contribution < 1.29 is 4.42 Å². The second-order valence-corrected chi connectivity index (χ2v) is 16.6. The molecule has 57 heavy (non-hydrogen) atoms. The normalized spacial score (nSPS) is 12.5. The molecule has 0 saturated carbocycles. The quantitative estimate of drug-likeness (QED) is 0.180. The van der Waals surface area contributed by atoms with Gasteiger partial charge >= 0.3 is 0 Å². The summed E-state index contributed by atoms with van der Waals surface area (Å²) in [5.41, 5.74) is 15.2. The first-order valence-corrected chi connectivity index (χ1v) is 19.8. The van der Waals surface area contributed by atoms with Crippen molar-refractivity contribution in [3.8, 4) is 27.9 Å². The van der Waals surface area contributed by atoms with Gasteiger partial charge in [-0.2, -0.15) is 0 Å². The van der Waals surface area contributed by atoms with Gasteiger partial charge in [-0.1, -0.05) is 112 Å². The van der Waals surface area contributed by atoms with E-state index in [4.69, 9.17) is 4.42 Å². The minimum Gasteiger partial charge on any atom is -0.454 e. The summed E-state index contributed by atoms with van der Waals surface area (Å²) in [5.74, 6) is 0. The molecule has 0 bridgehead atoms. The van der Waals surface area contributed by atoms with E-state index in [0.717, 1.165) is 39.0 Å². The summed E-state index contributed by atoms with van der Waals surface area (Å²) in [6, 6.07) is 64.6. The highest BCUT2D eigenvalue weighted by Crippen LogP contribution is 2.51. The Hall–Kier alpha value is -7.10. The maximum Gasteiger partial charge on any atom is 0.159 e. The predicted molar refractivity (Wildman–Crippen MR) is 241 cm³/mol. The molecule has 0 unspecified atom stereocenters. The van der Waals surface area contributed by atoms with Crippen molar-refractivity contribution in [3.05, 3.63) is 181 Å². The molecule has 0 saturated heterocycles. The Balaban J connectivity index is 1.000. The Morgan fingerprint density at radius 2 is 1.00 bits per heavy atom. The zero-order valence-electron chi connectivity index (χ0n) is 32.0. The van der Waals surface area contributed by atoms with E-state index < -0.39 is 0 Å². The topological polar surface area (TPSA) is 21.3 Å². The smallest absolute Gasteiger partial charge is 0.159 e. The summed E-state index contributed by atoms with van der Waals surface area (Å²) < 4.78 is 9.05. The van der Waals surface area contributed by atoms with Gasteiger partial charge in [0.25, 0.3) is 0 Å². The summed E-state index contributed by atoms with van der Waals surface area (Å²) in [6.45, 7) is 6.82. The summed E-state index contributed by atoms with van der Waals surface area (Å²) in [6.07, 6.45) is 0. The first-order valence-electron chi connectivity index (χ1n) is 19.8. The van der Waals surface area contributed by atoms with E-state index in [-0.39, 0.29) is 5.41 Å². The molecule has 3 heteroatoms. The summed E-state index contributed by atoms with van der Waals surface area (Å²) in [4.78, 5) is 2.37. The number of para-hydroxylation sites is 4. The number of hydrogen-bond acceptors (Lipinski definition) is 2. The van der Waals surface area contributed by atoms with Gasteiger partial charge in [-0.3, -0.25) is 0 Å². The molecule has 0 amide bonds. The molecular formula is C54H38N2O. The van der Waals surface area contributed by atoms with Gasteiger partial charge in [-0.05, 0) is 140 Å². The van der Waals surface area contributed by atoms with Crippen LogP contribution in [0.25, 0.3) is 93.2 Å². The number of benzene rings is 9. The second kappa shape index (κ2) is 11.7. The third-order valence-corrected chi connectivity index (χ3v) is 12.2. The van der Waals surface area contributed by atoms with Gasteiger partial charge in [0.15, 0.2) is 5.58 Å². The van der Waals surface area contributed by atoms with Crippen molar-refractivity contribution >= 4 is 82.4 Å². The second-order valence-electron chi connectivity index (χ2n) is 16.6. The number of furan rings is 1. The Morgan fingerprint density at radius 1 is 0.439 bits per heavy atom. The van der Waals surface area contributed by atoms with Gasteiger partial charge in [-0.25, -0.2) is 0 Å².